The van der Waals surface area contributed by atoms with Gasteiger partial charge in [-0.05, 0) is 46.1 Å². The normalized spacial score (nSPS) is 10.7. The van der Waals surface area contributed by atoms with Crippen LogP contribution < -0.4 is 5.32 Å². The molecule has 0 atom stereocenters. The summed E-state index contributed by atoms with van der Waals surface area (Å²) in [7, 11) is 0. The maximum absolute atomic E-state index is 12.0. The third kappa shape index (κ3) is 3.31. The number of H-pyrrole nitrogens is 1. The summed E-state index contributed by atoms with van der Waals surface area (Å²) in [5.74, 6) is 0.539. The summed E-state index contributed by atoms with van der Waals surface area (Å²) in [4.78, 5) is 19.3. The van der Waals surface area contributed by atoms with E-state index in [1.165, 1.54) is 5.39 Å². The highest BCUT2D eigenvalue weighted by atomic mass is 79.9. The third-order valence-electron chi connectivity index (χ3n) is 3.29. The molecule has 0 aliphatic carbocycles. The van der Waals surface area contributed by atoms with Gasteiger partial charge in [-0.15, -0.1) is 0 Å². The first-order chi connectivity index (χ1) is 10.2. The van der Waals surface area contributed by atoms with Gasteiger partial charge in [0.1, 0.15) is 5.82 Å². The van der Waals surface area contributed by atoms with Crippen LogP contribution in [0.5, 0.6) is 0 Å². The van der Waals surface area contributed by atoms with Gasteiger partial charge in [0.15, 0.2) is 0 Å². The van der Waals surface area contributed by atoms with Crippen LogP contribution in [0.25, 0.3) is 10.9 Å². The highest BCUT2D eigenvalue weighted by Gasteiger charge is 2.07. The molecule has 0 bridgehead atoms. The molecule has 0 aliphatic heterocycles. The Balaban J connectivity index is 1.62. The third-order valence-corrected chi connectivity index (χ3v) is 3.76. The van der Waals surface area contributed by atoms with Crippen molar-refractivity contribution in [2.75, 3.05) is 5.32 Å². The predicted molar refractivity (Wildman–Crippen MR) is 87.2 cm³/mol. The van der Waals surface area contributed by atoms with Crippen molar-refractivity contribution < 1.29 is 4.79 Å². The Bertz CT molecular complexity index is 765. The molecule has 0 spiro atoms. The smallest absolute Gasteiger partial charge is 0.225 e. The number of pyridine rings is 1. The maximum Gasteiger partial charge on any atom is 0.225 e. The van der Waals surface area contributed by atoms with E-state index in [0.29, 0.717) is 18.7 Å². The van der Waals surface area contributed by atoms with E-state index in [1.807, 2.05) is 30.5 Å². The molecule has 1 aromatic carbocycles. The molecule has 2 N–H and O–H groups in total. The summed E-state index contributed by atoms with van der Waals surface area (Å²) in [5, 5.41) is 3.97. The first kappa shape index (κ1) is 13.8. The minimum atomic E-state index is -0.0323. The van der Waals surface area contributed by atoms with Gasteiger partial charge in [0.25, 0.3) is 0 Å². The first-order valence-electron chi connectivity index (χ1n) is 6.69. The summed E-state index contributed by atoms with van der Waals surface area (Å²) < 4.78 is 0.888. The zero-order valence-electron chi connectivity index (χ0n) is 11.3. The lowest BCUT2D eigenvalue weighted by Crippen LogP contribution is -2.13. The molecule has 0 fully saturated rings. The lowest BCUT2D eigenvalue weighted by atomic mass is 10.1. The molecule has 21 heavy (non-hydrogen) atoms. The number of fused-ring (bicyclic) bond motifs is 1. The highest BCUT2D eigenvalue weighted by molar-refractivity contribution is 9.10. The Morgan fingerprint density at radius 2 is 2.10 bits per heavy atom. The molecule has 4 nitrogen and oxygen atoms in total. The first-order valence-corrected chi connectivity index (χ1v) is 7.48. The standard InChI is InChI=1S/C16H14BrN3O/c17-12-6-7-15(19-10-12)20-16(21)8-5-11-9-18-14-4-2-1-3-13(11)14/h1-4,6-7,9-10,18H,5,8H2,(H,19,20,21). The Kier molecular flexibility index (Phi) is 4.01. The summed E-state index contributed by atoms with van der Waals surface area (Å²) >= 11 is 3.31. The van der Waals surface area contributed by atoms with Crippen LogP contribution >= 0.6 is 15.9 Å². The van der Waals surface area contributed by atoms with Gasteiger partial charge in [-0.1, -0.05) is 18.2 Å². The van der Waals surface area contributed by atoms with Gasteiger partial charge < -0.3 is 10.3 Å². The minimum absolute atomic E-state index is 0.0323. The lowest BCUT2D eigenvalue weighted by molar-refractivity contribution is -0.116. The largest absolute Gasteiger partial charge is 0.361 e. The summed E-state index contributed by atoms with van der Waals surface area (Å²) in [6.45, 7) is 0. The van der Waals surface area contributed by atoms with Crippen LogP contribution in [0, 0.1) is 0 Å². The van der Waals surface area contributed by atoms with Crippen LogP contribution in [-0.4, -0.2) is 15.9 Å². The van der Waals surface area contributed by atoms with Crippen molar-refractivity contribution in [2.45, 2.75) is 12.8 Å². The van der Waals surface area contributed by atoms with Crippen LogP contribution in [0.4, 0.5) is 5.82 Å². The lowest BCUT2D eigenvalue weighted by Gasteiger charge is -2.04. The van der Waals surface area contributed by atoms with Gasteiger partial charge in [0.2, 0.25) is 5.91 Å². The van der Waals surface area contributed by atoms with Gasteiger partial charge in [-0.25, -0.2) is 4.98 Å². The van der Waals surface area contributed by atoms with Gasteiger partial charge >= 0.3 is 0 Å². The molecule has 3 rings (SSSR count). The molecule has 2 heterocycles. The molecule has 0 unspecified atom stereocenters. The monoisotopic (exact) mass is 343 g/mol. The number of hydrogen-bond donors (Lipinski definition) is 2. The molecule has 106 valence electrons. The van der Waals surface area contributed by atoms with Crippen LogP contribution in [0.3, 0.4) is 0 Å². The fourth-order valence-corrected chi connectivity index (χ4v) is 2.48. The second kappa shape index (κ2) is 6.10. The summed E-state index contributed by atoms with van der Waals surface area (Å²) in [6, 6.07) is 11.7. The summed E-state index contributed by atoms with van der Waals surface area (Å²) in [6.07, 6.45) is 4.76. The number of aromatic amines is 1. The number of carbonyl (C=O) groups excluding carboxylic acids is 1. The van der Waals surface area contributed by atoms with E-state index in [1.54, 1.807) is 12.3 Å². The second-order valence-electron chi connectivity index (χ2n) is 4.77. The SMILES string of the molecule is O=C(CCc1c[nH]c2ccccc12)Nc1ccc(Br)cn1. The quantitative estimate of drug-likeness (QED) is 0.754. The number of nitrogens with one attached hydrogen (secondary N) is 2. The molecule has 0 saturated carbocycles. The number of halogens is 1. The van der Waals surface area contributed by atoms with Crippen molar-refractivity contribution in [3.05, 3.63) is 58.8 Å². The van der Waals surface area contributed by atoms with E-state index >= 15 is 0 Å². The van der Waals surface area contributed by atoms with E-state index in [2.05, 4.69) is 37.3 Å². The summed E-state index contributed by atoms with van der Waals surface area (Å²) in [5.41, 5.74) is 2.26. The van der Waals surface area contributed by atoms with Gasteiger partial charge in [0, 0.05) is 34.2 Å². The van der Waals surface area contributed by atoms with Crippen molar-refractivity contribution in [1.29, 1.82) is 0 Å². The number of anilines is 1. The molecule has 3 aromatic rings. The van der Waals surface area contributed by atoms with Gasteiger partial charge in [0.05, 0.1) is 0 Å². The number of para-hydroxylation sites is 1. The van der Waals surface area contributed by atoms with E-state index in [4.69, 9.17) is 0 Å². The molecule has 1 amide bonds. The Morgan fingerprint density at radius 1 is 1.24 bits per heavy atom. The predicted octanol–water partition coefficient (Wildman–Crippen LogP) is 3.90. The zero-order valence-corrected chi connectivity index (χ0v) is 12.9. The fraction of sp³-hybridized carbons (Fsp3) is 0.125. The molecule has 5 heteroatoms. The number of aryl methyl sites for hydroxylation is 1. The van der Waals surface area contributed by atoms with Gasteiger partial charge in [-0.2, -0.15) is 0 Å². The Hall–Kier alpha value is -2.14. The van der Waals surface area contributed by atoms with E-state index in [0.717, 1.165) is 15.6 Å². The number of carbonyl (C=O) groups is 1. The van der Waals surface area contributed by atoms with Crippen LogP contribution in [0.15, 0.2) is 53.3 Å². The number of nitrogens with zero attached hydrogens (tertiary/aromatic N) is 1. The fourth-order valence-electron chi connectivity index (χ4n) is 2.24. The molecule has 2 aromatic heterocycles. The highest BCUT2D eigenvalue weighted by Crippen LogP contribution is 2.19. The minimum Gasteiger partial charge on any atom is -0.361 e. The maximum atomic E-state index is 12.0. The van der Waals surface area contributed by atoms with E-state index < -0.39 is 0 Å². The average Bonchev–Trinajstić information content (AvgIpc) is 2.91. The number of hydrogen-bond acceptors (Lipinski definition) is 2. The Labute approximate surface area is 130 Å². The zero-order chi connectivity index (χ0) is 14.7. The number of benzene rings is 1. The van der Waals surface area contributed by atoms with Crippen molar-refractivity contribution >= 4 is 38.6 Å². The van der Waals surface area contributed by atoms with Crippen molar-refractivity contribution in [3.8, 4) is 0 Å². The molecule has 0 saturated heterocycles. The number of rotatable bonds is 4. The average molecular weight is 344 g/mol. The molecular weight excluding hydrogens is 330 g/mol. The van der Waals surface area contributed by atoms with Crippen molar-refractivity contribution in [2.24, 2.45) is 0 Å². The van der Waals surface area contributed by atoms with E-state index in [9.17, 15) is 4.79 Å². The van der Waals surface area contributed by atoms with Crippen LogP contribution in [-0.2, 0) is 11.2 Å². The number of aromatic nitrogens is 2. The molecular formula is C16H14BrN3O. The van der Waals surface area contributed by atoms with E-state index in [-0.39, 0.29) is 5.91 Å². The van der Waals surface area contributed by atoms with Crippen molar-refractivity contribution in [3.63, 3.8) is 0 Å². The van der Waals surface area contributed by atoms with Crippen LogP contribution in [0.2, 0.25) is 0 Å². The Morgan fingerprint density at radius 3 is 2.90 bits per heavy atom. The van der Waals surface area contributed by atoms with Gasteiger partial charge in [-0.3, -0.25) is 4.79 Å². The molecule has 0 aliphatic rings. The van der Waals surface area contributed by atoms with Crippen molar-refractivity contribution in [1.82, 2.24) is 9.97 Å². The van der Waals surface area contributed by atoms with Crippen LogP contribution in [0.1, 0.15) is 12.0 Å². The number of amides is 1. The second-order valence-corrected chi connectivity index (χ2v) is 5.69. The topological polar surface area (TPSA) is 57.8 Å². The molecule has 0 radical (unpaired) electrons.